The van der Waals surface area contributed by atoms with E-state index in [0.717, 1.165) is 43.2 Å². The van der Waals surface area contributed by atoms with Crippen LogP contribution < -0.4 is 16.0 Å². The van der Waals surface area contributed by atoms with Crippen molar-refractivity contribution in [2.75, 3.05) is 36.5 Å². The molecule has 0 aliphatic carbocycles. The van der Waals surface area contributed by atoms with E-state index in [9.17, 15) is 4.79 Å². The Morgan fingerprint density at radius 3 is 2.30 bits per heavy atom. The number of nitrogens with one attached hydrogen (secondary N) is 1. The summed E-state index contributed by atoms with van der Waals surface area (Å²) in [5.41, 5.74) is 9.14. The highest BCUT2D eigenvalue weighted by atomic mass is 16.5. The maximum atomic E-state index is 12.3. The molecule has 0 aromatic heterocycles. The molecule has 0 radical (unpaired) electrons. The van der Waals surface area contributed by atoms with Crippen molar-refractivity contribution in [2.24, 2.45) is 5.73 Å². The lowest BCUT2D eigenvalue weighted by atomic mass is 10.1. The lowest BCUT2D eigenvalue weighted by Crippen LogP contribution is -2.36. The highest BCUT2D eigenvalue weighted by Crippen LogP contribution is 2.18. The standard InChI is InChI=1S/C18H21N3O2/c19-13-14-1-5-16(6-2-14)20-18(22)15-3-7-17(8-4-15)21-9-11-23-12-10-21/h1-8H,9-13,19H2,(H,20,22). The van der Waals surface area contributed by atoms with Crippen molar-refractivity contribution in [3.63, 3.8) is 0 Å². The number of carbonyl (C=O) groups is 1. The summed E-state index contributed by atoms with van der Waals surface area (Å²) >= 11 is 0. The Morgan fingerprint density at radius 1 is 1.04 bits per heavy atom. The van der Waals surface area contributed by atoms with Crippen LogP contribution in [-0.4, -0.2) is 32.2 Å². The lowest BCUT2D eigenvalue weighted by Gasteiger charge is -2.28. The average Bonchev–Trinajstić information content (AvgIpc) is 2.63. The minimum absolute atomic E-state index is 0.112. The van der Waals surface area contributed by atoms with Gasteiger partial charge in [-0.25, -0.2) is 0 Å². The number of nitrogens with zero attached hydrogens (tertiary/aromatic N) is 1. The summed E-state index contributed by atoms with van der Waals surface area (Å²) in [5, 5.41) is 2.90. The zero-order valence-electron chi connectivity index (χ0n) is 13.0. The van der Waals surface area contributed by atoms with E-state index in [1.807, 2.05) is 48.5 Å². The van der Waals surface area contributed by atoms with Crippen LogP contribution in [0.5, 0.6) is 0 Å². The van der Waals surface area contributed by atoms with Gasteiger partial charge in [-0.3, -0.25) is 4.79 Å². The molecule has 23 heavy (non-hydrogen) atoms. The number of amides is 1. The molecule has 1 heterocycles. The van der Waals surface area contributed by atoms with Crippen LogP contribution in [0.4, 0.5) is 11.4 Å². The fraction of sp³-hybridized carbons (Fsp3) is 0.278. The average molecular weight is 311 g/mol. The fourth-order valence-corrected chi connectivity index (χ4v) is 2.57. The number of morpholine rings is 1. The van der Waals surface area contributed by atoms with E-state index in [2.05, 4.69) is 10.2 Å². The van der Waals surface area contributed by atoms with Crippen LogP contribution in [0.2, 0.25) is 0 Å². The van der Waals surface area contributed by atoms with Crippen molar-refractivity contribution in [1.82, 2.24) is 0 Å². The van der Waals surface area contributed by atoms with E-state index < -0.39 is 0 Å². The Balaban J connectivity index is 1.64. The van der Waals surface area contributed by atoms with Crippen molar-refractivity contribution in [3.8, 4) is 0 Å². The van der Waals surface area contributed by atoms with Crippen LogP contribution >= 0.6 is 0 Å². The second-order valence-electron chi connectivity index (χ2n) is 5.50. The van der Waals surface area contributed by atoms with Crippen LogP contribution in [0.25, 0.3) is 0 Å². The molecule has 3 rings (SSSR count). The van der Waals surface area contributed by atoms with E-state index in [1.165, 1.54) is 0 Å². The SMILES string of the molecule is NCc1ccc(NC(=O)c2ccc(N3CCOCC3)cc2)cc1. The quantitative estimate of drug-likeness (QED) is 0.908. The first kappa shape index (κ1) is 15.5. The molecule has 0 unspecified atom stereocenters. The van der Waals surface area contributed by atoms with Gasteiger partial charge in [0.25, 0.3) is 5.91 Å². The molecule has 1 fully saturated rings. The Morgan fingerprint density at radius 2 is 1.70 bits per heavy atom. The molecule has 1 aliphatic heterocycles. The molecule has 0 saturated carbocycles. The largest absolute Gasteiger partial charge is 0.378 e. The minimum atomic E-state index is -0.112. The van der Waals surface area contributed by atoms with Crippen LogP contribution in [0.3, 0.4) is 0 Å². The molecule has 120 valence electrons. The normalized spacial score (nSPS) is 14.6. The minimum Gasteiger partial charge on any atom is -0.378 e. The van der Waals surface area contributed by atoms with Gasteiger partial charge in [0.05, 0.1) is 13.2 Å². The summed E-state index contributed by atoms with van der Waals surface area (Å²) in [6.45, 7) is 3.78. The number of hydrogen-bond acceptors (Lipinski definition) is 4. The molecule has 1 amide bonds. The summed E-state index contributed by atoms with van der Waals surface area (Å²) in [7, 11) is 0. The second-order valence-corrected chi connectivity index (χ2v) is 5.50. The molecule has 5 heteroatoms. The number of benzene rings is 2. The summed E-state index contributed by atoms with van der Waals surface area (Å²) < 4.78 is 5.35. The third-order valence-corrected chi connectivity index (χ3v) is 3.95. The number of ether oxygens (including phenoxy) is 1. The summed E-state index contributed by atoms with van der Waals surface area (Å²) in [6, 6.07) is 15.2. The zero-order valence-corrected chi connectivity index (χ0v) is 13.0. The van der Waals surface area contributed by atoms with Crippen molar-refractivity contribution >= 4 is 17.3 Å². The second kappa shape index (κ2) is 7.26. The predicted octanol–water partition coefficient (Wildman–Crippen LogP) is 2.23. The first-order valence-corrected chi connectivity index (χ1v) is 7.79. The molecule has 5 nitrogen and oxygen atoms in total. The molecule has 3 N–H and O–H groups in total. The third-order valence-electron chi connectivity index (χ3n) is 3.95. The number of anilines is 2. The Hall–Kier alpha value is -2.37. The van der Waals surface area contributed by atoms with E-state index in [1.54, 1.807) is 0 Å². The summed E-state index contributed by atoms with van der Waals surface area (Å²) in [6.07, 6.45) is 0. The van der Waals surface area contributed by atoms with Gasteiger partial charge < -0.3 is 20.7 Å². The topological polar surface area (TPSA) is 67.6 Å². The van der Waals surface area contributed by atoms with Gasteiger partial charge in [0, 0.05) is 36.6 Å². The molecule has 2 aromatic rings. The van der Waals surface area contributed by atoms with E-state index in [0.29, 0.717) is 12.1 Å². The van der Waals surface area contributed by atoms with Crippen LogP contribution in [0.1, 0.15) is 15.9 Å². The van der Waals surface area contributed by atoms with Gasteiger partial charge in [0.2, 0.25) is 0 Å². The van der Waals surface area contributed by atoms with Crippen molar-refractivity contribution in [1.29, 1.82) is 0 Å². The van der Waals surface area contributed by atoms with Gasteiger partial charge in [-0.1, -0.05) is 12.1 Å². The smallest absolute Gasteiger partial charge is 0.255 e. The fourth-order valence-electron chi connectivity index (χ4n) is 2.57. The highest BCUT2D eigenvalue weighted by molar-refractivity contribution is 6.04. The molecule has 0 bridgehead atoms. The van der Waals surface area contributed by atoms with Crippen LogP contribution in [-0.2, 0) is 11.3 Å². The maximum Gasteiger partial charge on any atom is 0.255 e. The van der Waals surface area contributed by atoms with Gasteiger partial charge in [0.1, 0.15) is 0 Å². The van der Waals surface area contributed by atoms with Crippen molar-refractivity contribution in [3.05, 3.63) is 59.7 Å². The number of rotatable bonds is 4. The molecule has 1 saturated heterocycles. The van der Waals surface area contributed by atoms with Crippen LogP contribution in [0.15, 0.2) is 48.5 Å². The third kappa shape index (κ3) is 3.88. The Labute approximate surface area is 136 Å². The Bertz CT molecular complexity index is 647. The van der Waals surface area contributed by atoms with Gasteiger partial charge in [-0.05, 0) is 42.0 Å². The van der Waals surface area contributed by atoms with Crippen molar-refractivity contribution in [2.45, 2.75) is 6.54 Å². The van der Waals surface area contributed by atoms with Gasteiger partial charge in [-0.15, -0.1) is 0 Å². The van der Waals surface area contributed by atoms with Crippen LogP contribution in [0, 0.1) is 0 Å². The molecule has 2 aromatic carbocycles. The van der Waals surface area contributed by atoms with E-state index >= 15 is 0 Å². The molecule has 0 atom stereocenters. The molecular weight excluding hydrogens is 290 g/mol. The monoisotopic (exact) mass is 311 g/mol. The summed E-state index contributed by atoms with van der Waals surface area (Å²) in [4.78, 5) is 14.5. The summed E-state index contributed by atoms with van der Waals surface area (Å²) in [5.74, 6) is -0.112. The number of nitrogens with two attached hydrogens (primary N) is 1. The Kier molecular flexibility index (Phi) is 4.90. The molecular formula is C18H21N3O2. The highest BCUT2D eigenvalue weighted by Gasteiger charge is 2.12. The first-order chi connectivity index (χ1) is 11.3. The van der Waals surface area contributed by atoms with E-state index in [4.69, 9.17) is 10.5 Å². The number of hydrogen-bond donors (Lipinski definition) is 2. The van der Waals surface area contributed by atoms with Crippen molar-refractivity contribution < 1.29 is 9.53 Å². The first-order valence-electron chi connectivity index (χ1n) is 7.79. The molecule has 0 spiro atoms. The zero-order chi connectivity index (χ0) is 16.1. The lowest BCUT2D eigenvalue weighted by molar-refractivity contribution is 0.102. The molecule has 1 aliphatic rings. The van der Waals surface area contributed by atoms with Gasteiger partial charge >= 0.3 is 0 Å². The predicted molar refractivity (Wildman–Crippen MR) is 91.8 cm³/mol. The van der Waals surface area contributed by atoms with Gasteiger partial charge in [0.15, 0.2) is 0 Å². The van der Waals surface area contributed by atoms with Gasteiger partial charge in [-0.2, -0.15) is 0 Å². The maximum absolute atomic E-state index is 12.3. The number of carbonyl (C=O) groups excluding carboxylic acids is 1. The van der Waals surface area contributed by atoms with E-state index in [-0.39, 0.29) is 5.91 Å².